The molecule has 1 aliphatic heterocycles. The lowest BCUT2D eigenvalue weighted by atomic mass is 10.1. The van der Waals surface area contributed by atoms with Crippen molar-refractivity contribution in [3.8, 4) is 0 Å². The molecule has 1 aliphatic rings. The summed E-state index contributed by atoms with van der Waals surface area (Å²) in [4.78, 5) is 26.3. The van der Waals surface area contributed by atoms with E-state index in [0.29, 0.717) is 24.3 Å². The quantitative estimate of drug-likeness (QED) is 0.631. The van der Waals surface area contributed by atoms with Gasteiger partial charge in [-0.3, -0.25) is 9.10 Å². The van der Waals surface area contributed by atoms with Crippen LogP contribution >= 0.6 is 0 Å². The summed E-state index contributed by atoms with van der Waals surface area (Å²) in [5.41, 5.74) is 1.16. The number of aryl methyl sites for hydroxylation is 1. The first-order valence-corrected chi connectivity index (χ1v) is 11.4. The maximum Gasteiger partial charge on any atom is 0.338 e. The van der Waals surface area contributed by atoms with Crippen LogP contribution in [-0.4, -0.2) is 51.4 Å². The predicted molar refractivity (Wildman–Crippen MR) is 114 cm³/mol. The minimum atomic E-state index is -3.88. The summed E-state index contributed by atoms with van der Waals surface area (Å²) < 4.78 is 33.1. The van der Waals surface area contributed by atoms with Crippen LogP contribution in [0.4, 0.5) is 5.69 Å². The molecule has 0 atom stereocenters. The van der Waals surface area contributed by atoms with Gasteiger partial charge in [-0.15, -0.1) is 0 Å². The van der Waals surface area contributed by atoms with Crippen LogP contribution in [0.1, 0.15) is 35.7 Å². The molecule has 2 aromatic carbocycles. The average molecular weight is 431 g/mol. The van der Waals surface area contributed by atoms with E-state index in [1.165, 1.54) is 16.4 Å². The molecule has 2 aromatic rings. The molecule has 1 fully saturated rings. The Bertz CT molecular complexity index is 1020. The number of hydrogen-bond acceptors (Lipinski definition) is 5. The van der Waals surface area contributed by atoms with E-state index in [-0.39, 0.29) is 29.5 Å². The molecule has 8 heteroatoms. The number of para-hydroxylation sites is 1. The van der Waals surface area contributed by atoms with Crippen molar-refractivity contribution in [2.75, 3.05) is 30.5 Å². The number of amides is 1. The van der Waals surface area contributed by atoms with Crippen LogP contribution in [0.5, 0.6) is 0 Å². The minimum Gasteiger partial charge on any atom is -0.452 e. The molecule has 0 bridgehead atoms. The number of esters is 1. The topological polar surface area (TPSA) is 84.0 Å². The van der Waals surface area contributed by atoms with Crippen LogP contribution in [0.15, 0.2) is 53.4 Å². The number of carbonyl (C=O) groups excluding carboxylic acids is 2. The fraction of sp³-hybridized carbons (Fsp3) is 0.364. The zero-order valence-corrected chi connectivity index (χ0v) is 18.0. The van der Waals surface area contributed by atoms with Gasteiger partial charge in [0.2, 0.25) is 0 Å². The Morgan fingerprint density at radius 2 is 1.73 bits per heavy atom. The Morgan fingerprint density at radius 3 is 2.37 bits per heavy atom. The second-order valence-electron chi connectivity index (χ2n) is 7.15. The van der Waals surface area contributed by atoms with E-state index in [1.54, 1.807) is 49.1 Å². The first kappa shape index (κ1) is 21.8. The van der Waals surface area contributed by atoms with Crippen molar-refractivity contribution >= 4 is 27.6 Å². The number of rotatable bonds is 7. The number of likely N-dealkylation sites (tertiary alicyclic amines) is 1. The third-order valence-electron chi connectivity index (χ3n) is 5.11. The highest BCUT2D eigenvalue weighted by Crippen LogP contribution is 2.26. The SMILES string of the molecule is CCN(c1ccccc1)S(=O)(=O)c1cc(C(=O)OCC(=O)N2CCCC2)ccc1C. The Hall–Kier alpha value is -2.87. The van der Waals surface area contributed by atoms with Crippen molar-refractivity contribution in [2.45, 2.75) is 31.6 Å². The van der Waals surface area contributed by atoms with Gasteiger partial charge in [-0.2, -0.15) is 0 Å². The number of ether oxygens (including phenoxy) is 1. The molecule has 1 saturated heterocycles. The number of anilines is 1. The summed E-state index contributed by atoms with van der Waals surface area (Å²) in [5, 5.41) is 0. The molecule has 1 heterocycles. The van der Waals surface area contributed by atoms with E-state index in [0.717, 1.165) is 12.8 Å². The van der Waals surface area contributed by atoms with Gasteiger partial charge >= 0.3 is 5.97 Å². The normalized spacial score (nSPS) is 13.9. The highest BCUT2D eigenvalue weighted by Gasteiger charge is 2.27. The standard InChI is InChI=1S/C22H26N2O5S/c1-3-24(19-9-5-4-6-10-19)30(27,28)20-15-18(12-11-17(20)2)22(26)29-16-21(25)23-13-7-8-14-23/h4-6,9-12,15H,3,7-8,13-14,16H2,1-2H3. The van der Waals surface area contributed by atoms with Crippen molar-refractivity contribution in [3.63, 3.8) is 0 Å². The molecule has 0 aromatic heterocycles. The molecular weight excluding hydrogens is 404 g/mol. The second-order valence-corrected chi connectivity index (χ2v) is 8.98. The molecule has 1 amide bonds. The first-order valence-electron chi connectivity index (χ1n) is 9.98. The van der Waals surface area contributed by atoms with Crippen molar-refractivity contribution in [2.24, 2.45) is 0 Å². The molecule has 160 valence electrons. The van der Waals surface area contributed by atoms with Gasteiger partial charge < -0.3 is 9.64 Å². The summed E-state index contributed by atoms with van der Waals surface area (Å²) in [5.74, 6) is -0.955. The van der Waals surface area contributed by atoms with Gasteiger partial charge in [0.05, 0.1) is 16.1 Å². The summed E-state index contributed by atoms with van der Waals surface area (Å²) in [6.07, 6.45) is 1.91. The third-order valence-corrected chi connectivity index (χ3v) is 7.15. The highest BCUT2D eigenvalue weighted by atomic mass is 32.2. The summed E-state index contributed by atoms with van der Waals surface area (Å²) in [6, 6.07) is 13.2. The highest BCUT2D eigenvalue weighted by molar-refractivity contribution is 7.92. The summed E-state index contributed by atoms with van der Waals surface area (Å²) in [6.45, 7) is 4.68. The van der Waals surface area contributed by atoms with Gasteiger partial charge in [-0.25, -0.2) is 13.2 Å². The first-order chi connectivity index (χ1) is 14.3. The molecule has 0 aliphatic carbocycles. The molecule has 3 rings (SSSR count). The summed E-state index contributed by atoms with van der Waals surface area (Å²) >= 11 is 0. The number of hydrogen-bond donors (Lipinski definition) is 0. The lowest BCUT2D eigenvalue weighted by Crippen LogP contribution is -2.32. The maximum atomic E-state index is 13.3. The third kappa shape index (κ3) is 4.64. The number of nitrogens with zero attached hydrogens (tertiary/aromatic N) is 2. The Labute approximate surface area is 177 Å². The molecule has 0 saturated carbocycles. The maximum absolute atomic E-state index is 13.3. The smallest absolute Gasteiger partial charge is 0.338 e. The average Bonchev–Trinajstić information content (AvgIpc) is 3.28. The van der Waals surface area contributed by atoms with Gasteiger partial charge in [0.15, 0.2) is 6.61 Å². The van der Waals surface area contributed by atoms with E-state index in [2.05, 4.69) is 0 Å². The number of benzene rings is 2. The van der Waals surface area contributed by atoms with Gasteiger partial charge in [-0.1, -0.05) is 24.3 Å². The molecule has 0 unspecified atom stereocenters. The predicted octanol–water partition coefficient (Wildman–Crippen LogP) is 2.99. The fourth-order valence-electron chi connectivity index (χ4n) is 3.48. The Balaban J connectivity index is 1.81. The van der Waals surface area contributed by atoms with Crippen molar-refractivity contribution < 1.29 is 22.7 Å². The molecule has 0 N–H and O–H groups in total. The lowest BCUT2D eigenvalue weighted by Gasteiger charge is -2.24. The van der Waals surface area contributed by atoms with E-state index >= 15 is 0 Å². The molecular formula is C22H26N2O5S. The Kier molecular flexibility index (Phi) is 6.77. The Morgan fingerprint density at radius 1 is 1.07 bits per heavy atom. The van der Waals surface area contributed by atoms with Gasteiger partial charge in [0, 0.05) is 19.6 Å². The van der Waals surface area contributed by atoms with Crippen molar-refractivity contribution in [1.82, 2.24) is 4.90 Å². The largest absolute Gasteiger partial charge is 0.452 e. The van der Waals surface area contributed by atoms with Crippen LogP contribution in [-0.2, 0) is 19.6 Å². The van der Waals surface area contributed by atoms with Crippen LogP contribution in [0.3, 0.4) is 0 Å². The van der Waals surface area contributed by atoms with Crippen molar-refractivity contribution in [3.05, 3.63) is 59.7 Å². The molecule has 0 radical (unpaired) electrons. The van der Waals surface area contributed by atoms with Crippen LogP contribution in [0, 0.1) is 6.92 Å². The lowest BCUT2D eigenvalue weighted by molar-refractivity contribution is -0.133. The van der Waals surface area contributed by atoms with Gasteiger partial charge in [0.1, 0.15) is 0 Å². The van der Waals surface area contributed by atoms with E-state index in [1.807, 2.05) is 6.07 Å². The van der Waals surface area contributed by atoms with E-state index < -0.39 is 16.0 Å². The zero-order valence-electron chi connectivity index (χ0n) is 17.2. The van der Waals surface area contributed by atoms with Gasteiger partial charge in [-0.05, 0) is 56.5 Å². The number of sulfonamides is 1. The molecule has 30 heavy (non-hydrogen) atoms. The molecule has 7 nitrogen and oxygen atoms in total. The van der Waals surface area contributed by atoms with Crippen molar-refractivity contribution in [1.29, 1.82) is 0 Å². The van der Waals surface area contributed by atoms with Crippen LogP contribution in [0.25, 0.3) is 0 Å². The fourth-order valence-corrected chi connectivity index (χ4v) is 5.21. The van der Waals surface area contributed by atoms with Gasteiger partial charge in [0.25, 0.3) is 15.9 Å². The molecule has 0 spiro atoms. The number of carbonyl (C=O) groups is 2. The minimum absolute atomic E-state index is 0.0357. The van der Waals surface area contributed by atoms with E-state index in [9.17, 15) is 18.0 Å². The second kappa shape index (κ2) is 9.30. The zero-order chi connectivity index (χ0) is 21.7. The summed E-state index contributed by atoms with van der Waals surface area (Å²) in [7, 11) is -3.88. The van der Waals surface area contributed by atoms with Crippen LogP contribution < -0.4 is 4.31 Å². The van der Waals surface area contributed by atoms with Crippen LogP contribution in [0.2, 0.25) is 0 Å². The van der Waals surface area contributed by atoms with E-state index in [4.69, 9.17) is 4.74 Å². The monoisotopic (exact) mass is 430 g/mol.